The van der Waals surface area contributed by atoms with Crippen LogP contribution in [0.15, 0.2) is 11.5 Å². The van der Waals surface area contributed by atoms with Gasteiger partial charge in [0.25, 0.3) is 12.9 Å². The Morgan fingerprint density at radius 2 is 2.06 bits per heavy atom. The second-order valence-electron chi connectivity index (χ2n) is 2.76. The standard InChI is InChI=1S/C8H8O8/c9-2-14-1-4(15-3-10)7-5(11)6(12)8(13)16-7/h2-4,7,11-12H,1H2. The van der Waals surface area contributed by atoms with E-state index < -0.39 is 36.3 Å². The highest BCUT2D eigenvalue weighted by molar-refractivity contribution is 5.89. The van der Waals surface area contributed by atoms with Crippen LogP contribution in [-0.2, 0) is 28.6 Å². The summed E-state index contributed by atoms with van der Waals surface area (Å²) >= 11 is 0. The molecule has 0 saturated heterocycles. The van der Waals surface area contributed by atoms with Crippen LogP contribution in [0.1, 0.15) is 0 Å². The fourth-order valence-electron chi connectivity index (χ4n) is 1.12. The van der Waals surface area contributed by atoms with Gasteiger partial charge in [0.2, 0.25) is 11.9 Å². The number of esters is 1. The Morgan fingerprint density at radius 1 is 1.38 bits per heavy atom. The lowest BCUT2D eigenvalue weighted by atomic mass is 10.2. The van der Waals surface area contributed by atoms with E-state index in [0.717, 1.165) is 0 Å². The quantitative estimate of drug-likeness (QED) is 0.338. The summed E-state index contributed by atoms with van der Waals surface area (Å²) in [5.41, 5.74) is 0. The third-order valence-electron chi connectivity index (χ3n) is 1.84. The molecule has 0 amide bonds. The summed E-state index contributed by atoms with van der Waals surface area (Å²) < 4.78 is 13.3. The van der Waals surface area contributed by atoms with Crippen LogP contribution in [0.5, 0.6) is 0 Å². The molecule has 0 fully saturated rings. The van der Waals surface area contributed by atoms with Gasteiger partial charge in [-0.25, -0.2) is 4.79 Å². The number of aliphatic hydroxyl groups excluding tert-OH is 2. The molecule has 0 aromatic heterocycles. The molecular formula is C8H8O8. The summed E-state index contributed by atoms with van der Waals surface area (Å²) in [5, 5.41) is 18.2. The van der Waals surface area contributed by atoms with E-state index in [1.807, 2.05) is 0 Å². The van der Waals surface area contributed by atoms with Crippen LogP contribution < -0.4 is 0 Å². The lowest BCUT2D eigenvalue weighted by Crippen LogP contribution is -2.35. The molecule has 2 unspecified atom stereocenters. The Balaban J connectivity index is 2.76. The smallest absolute Gasteiger partial charge is 0.378 e. The normalized spacial score (nSPS) is 21.2. The Hall–Kier alpha value is -2.25. The second kappa shape index (κ2) is 5.01. The second-order valence-corrected chi connectivity index (χ2v) is 2.76. The minimum atomic E-state index is -1.38. The molecule has 1 aliphatic heterocycles. The first-order valence-corrected chi connectivity index (χ1v) is 4.09. The Morgan fingerprint density at radius 3 is 2.50 bits per heavy atom. The van der Waals surface area contributed by atoms with E-state index in [1.165, 1.54) is 0 Å². The van der Waals surface area contributed by atoms with Crippen LogP contribution in [0.3, 0.4) is 0 Å². The van der Waals surface area contributed by atoms with E-state index in [1.54, 1.807) is 0 Å². The molecule has 0 spiro atoms. The predicted octanol–water partition coefficient (Wildman–Crippen LogP) is -1.05. The number of cyclic esters (lactones) is 1. The SMILES string of the molecule is O=COCC(OC=O)C1OC(=O)C(O)=C1O. The van der Waals surface area contributed by atoms with Crippen LogP contribution in [0.4, 0.5) is 0 Å². The Labute approximate surface area is 89.0 Å². The number of carbonyl (C=O) groups excluding carboxylic acids is 3. The van der Waals surface area contributed by atoms with Crippen molar-refractivity contribution >= 4 is 18.9 Å². The molecule has 16 heavy (non-hydrogen) atoms. The number of hydrogen-bond acceptors (Lipinski definition) is 8. The maximum absolute atomic E-state index is 10.8. The summed E-state index contributed by atoms with van der Waals surface area (Å²) in [4.78, 5) is 30.9. The molecule has 0 aromatic rings. The minimum Gasteiger partial charge on any atom is -0.505 e. The van der Waals surface area contributed by atoms with E-state index in [2.05, 4.69) is 14.2 Å². The van der Waals surface area contributed by atoms with Gasteiger partial charge in [-0.1, -0.05) is 0 Å². The maximum Gasteiger partial charge on any atom is 0.378 e. The zero-order valence-electron chi connectivity index (χ0n) is 7.86. The first kappa shape index (κ1) is 11.8. The molecule has 8 nitrogen and oxygen atoms in total. The van der Waals surface area contributed by atoms with E-state index in [9.17, 15) is 19.5 Å². The van der Waals surface area contributed by atoms with E-state index in [4.69, 9.17) is 5.11 Å². The monoisotopic (exact) mass is 232 g/mol. The predicted molar refractivity (Wildman–Crippen MR) is 45.1 cm³/mol. The van der Waals surface area contributed by atoms with Crippen molar-refractivity contribution in [3.8, 4) is 0 Å². The molecule has 1 rings (SSSR count). The minimum absolute atomic E-state index is 0.0370. The van der Waals surface area contributed by atoms with Crippen molar-refractivity contribution < 1.29 is 38.8 Å². The molecule has 88 valence electrons. The molecule has 2 atom stereocenters. The largest absolute Gasteiger partial charge is 0.505 e. The molecule has 1 aliphatic rings. The van der Waals surface area contributed by atoms with Gasteiger partial charge in [-0.2, -0.15) is 0 Å². The van der Waals surface area contributed by atoms with Gasteiger partial charge >= 0.3 is 5.97 Å². The van der Waals surface area contributed by atoms with Crippen LogP contribution in [0.25, 0.3) is 0 Å². The molecule has 1 heterocycles. The summed E-state index contributed by atoms with van der Waals surface area (Å²) in [6.45, 7) is -0.286. The van der Waals surface area contributed by atoms with Crippen LogP contribution in [-0.4, -0.2) is 47.9 Å². The van der Waals surface area contributed by atoms with Gasteiger partial charge in [0.1, 0.15) is 6.61 Å². The summed E-state index contributed by atoms with van der Waals surface area (Å²) in [5.74, 6) is -2.88. The fraction of sp³-hybridized carbons (Fsp3) is 0.375. The number of rotatable bonds is 6. The van der Waals surface area contributed by atoms with Gasteiger partial charge in [-0.15, -0.1) is 0 Å². The molecular weight excluding hydrogens is 224 g/mol. The number of aliphatic hydroxyl groups is 2. The van der Waals surface area contributed by atoms with Gasteiger partial charge in [-0.05, 0) is 0 Å². The molecule has 0 aliphatic carbocycles. The summed E-state index contributed by atoms with van der Waals surface area (Å²) in [7, 11) is 0. The van der Waals surface area contributed by atoms with Crippen molar-refractivity contribution in [2.24, 2.45) is 0 Å². The fourth-order valence-corrected chi connectivity index (χ4v) is 1.12. The lowest BCUT2D eigenvalue weighted by molar-refractivity contribution is -0.159. The summed E-state index contributed by atoms with van der Waals surface area (Å²) in [6, 6.07) is 0. The lowest BCUT2D eigenvalue weighted by Gasteiger charge is -2.19. The highest BCUT2D eigenvalue weighted by atomic mass is 16.6. The highest BCUT2D eigenvalue weighted by Gasteiger charge is 2.41. The highest BCUT2D eigenvalue weighted by Crippen LogP contribution is 2.22. The molecule has 0 saturated carbocycles. The molecule has 0 aromatic carbocycles. The van der Waals surface area contributed by atoms with Crippen molar-refractivity contribution in [2.45, 2.75) is 12.2 Å². The summed E-state index contributed by atoms with van der Waals surface area (Å²) in [6.07, 6.45) is -2.59. The van der Waals surface area contributed by atoms with Crippen molar-refractivity contribution in [2.75, 3.05) is 6.61 Å². The average molecular weight is 232 g/mol. The van der Waals surface area contributed by atoms with Crippen molar-refractivity contribution in [1.29, 1.82) is 0 Å². The van der Waals surface area contributed by atoms with Crippen LogP contribution in [0.2, 0.25) is 0 Å². The zero-order chi connectivity index (χ0) is 12.1. The van der Waals surface area contributed by atoms with Crippen molar-refractivity contribution in [1.82, 2.24) is 0 Å². The van der Waals surface area contributed by atoms with Gasteiger partial charge in [0, 0.05) is 0 Å². The first-order chi connectivity index (χ1) is 7.61. The van der Waals surface area contributed by atoms with Gasteiger partial charge in [-0.3, -0.25) is 9.59 Å². The van der Waals surface area contributed by atoms with Crippen molar-refractivity contribution in [3.05, 3.63) is 11.5 Å². The van der Waals surface area contributed by atoms with Crippen LogP contribution >= 0.6 is 0 Å². The molecule has 0 bridgehead atoms. The topological polar surface area (TPSA) is 119 Å². The van der Waals surface area contributed by atoms with Crippen molar-refractivity contribution in [3.63, 3.8) is 0 Å². The Kier molecular flexibility index (Phi) is 3.70. The molecule has 8 heteroatoms. The third kappa shape index (κ3) is 2.22. The van der Waals surface area contributed by atoms with Gasteiger partial charge in [0.05, 0.1) is 0 Å². The average Bonchev–Trinajstić information content (AvgIpc) is 2.52. The van der Waals surface area contributed by atoms with E-state index in [0.29, 0.717) is 0 Å². The number of hydrogen-bond donors (Lipinski definition) is 2. The first-order valence-electron chi connectivity index (χ1n) is 4.09. The van der Waals surface area contributed by atoms with E-state index >= 15 is 0 Å². The van der Waals surface area contributed by atoms with Crippen LogP contribution in [0, 0.1) is 0 Å². The molecule has 2 N–H and O–H groups in total. The molecule has 0 radical (unpaired) electrons. The zero-order valence-corrected chi connectivity index (χ0v) is 7.86. The maximum atomic E-state index is 10.8. The number of carbonyl (C=O) groups is 3. The Bertz CT molecular complexity index is 333. The number of ether oxygens (including phenoxy) is 3. The van der Waals surface area contributed by atoms with Gasteiger partial charge in [0.15, 0.2) is 11.9 Å². The third-order valence-corrected chi connectivity index (χ3v) is 1.84. The van der Waals surface area contributed by atoms with Gasteiger partial charge < -0.3 is 24.4 Å². The van der Waals surface area contributed by atoms with E-state index in [-0.39, 0.29) is 12.9 Å².